The molecule has 2 nitrogen and oxygen atoms in total. The molecule has 0 fully saturated rings. The van der Waals surface area contributed by atoms with Crippen molar-refractivity contribution in [3.8, 4) is 0 Å². The molecule has 0 radical (unpaired) electrons. The normalized spacial score (nSPS) is 10.9. The topological polar surface area (TPSA) is 26.0 Å². The molecule has 0 amide bonds. The summed E-state index contributed by atoms with van der Waals surface area (Å²) in [6.07, 6.45) is 0. The van der Waals surface area contributed by atoms with Crippen LogP contribution in [0.25, 0.3) is 0 Å². The number of nitrogens with one attached hydrogen (secondary N) is 2. The van der Waals surface area contributed by atoms with E-state index >= 15 is 0 Å². The predicted molar refractivity (Wildman–Crippen MR) is 105 cm³/mol. The van der Waals surface area contributed by atoms with Crippen molar-refractivity contribution in [3.05, 3.63) is 94.0 Å². The van der Waals surface area contributed by atoms with E-state index in [4.69, 9.17) is 0 Å². The number of benzene rings is 3. The summed E-state index contributed by atoms with van der Waals surface area (Å²) in [4.78, 5) is 3.50. The van der Waals surface area contributed by atoms with E-state index in [1.165, 1.54) is 11.1 Å². The van der Waals surface area contributed by atoms with Gasteiger partial charge in [-0.2, -0.15) is 0 Å². The van der Waals surface area contributed by atoms with Crippen molar-refractivity contribution in [3.63, 3.8) is 0 Å². The Bertz CT molecular complexity index is 856. The molecule has 0 aliphatic rings. The summed E-state index contributed by atoms with van der Waals surface area (Å²) in [5.41, 5.74) is 5.67. The molecule has 0 unspecified atom stereocenters. The highest BCUT2D eigenvalue weighted by Gasteiger charge is 2.15. The Morgan fingerprint density at radius 2 is 1.36 bits per heavy atom. The maximum Gasteiger partial charge on any atom is 0.286 e. The molecule has 3 aromatic carbocycles. The van der Waals surface area contributed by atoms with E-state index in [1.807, 2.05) is 18.2 Å². The second kappa shape index (κ2) is 8.84. The quantitative estimate of drug-likeness (QED) is 0.490. The first-order chi connectivity index (χ1) is 11.6. The predicted octanol–water partition coefficient (Wildman–Crippen LogP) is 1.34. The van der Waals surface area contributed by atoms with Gasteiger partial charge >= 0.3 is 0 Å². The fourth-order valence-corrected chi connectivity index (χ4v) is 2.88. The lowest BCUT2D eigenvalue weighted by Crippen LogP contribution is -3.00. The lowest BCUT2D eigenvalue weighted by Gasteiger charge is -2.06. The minimum absolute atomic E-state index is 0. The smallest absolute Gasteiger partial charge is 0.286 e. The minimum atomic E-state index is 0. The Kier molecular flexibility index (Phi) is 6.80. The van der Waals surface area contributed by atoms with Gasteiger partial charge in [-0.1, -0.05) is 47.5 Å². The lowest BCUT2D eigenvalue weighted by atomic mass is 10.1. The van der Waals surface area contributed by atoms with Gasteiger partial charge in [0, 0.05) is 4.47 Å². The maximum atomic E-state index is 3.65. The van der Waals surface area contributed by atoms with Crippen LogP contribution in [0.1, 0.15) is 16.7 Å². The van der Waals surface area contributed by atoms with Gasteiger partial charge in [0.2, 0.25) is 0 Å². The molecule has 0 aromatic heterocycles. The second-order valence-electron chi connectivity index (χ2n) is 5.84. The van der Waals surface area contributed by atoms with E-state index in [-0.39, 0.29) is 12.4 Å². The van der Waals surface area contributed by atoms with E-state index in [0.717, 1.165) is 27.2 Å². The summed E-state index contributed by atoms with van der Waals surface area (Å²) < 4.78 is 1.04. The third-order valence-electron chi connectivity index (χ3n) is 3.79. The number of hydrogen-bond donors (Lipinski definition) is 2. The van der Waals surface area contributed by atoms with Crippen LogP contribution in [0, 0.1) is 13.8 Å². The van der Waals surface area contributed by atoms with Crippen molar-refractivity contribution in [2.75, 3.05) is 5.32 Å². The van der Waals surface area contributed by atoms with Crippen molar-refractivity contribution < 1.29 is 17.4 Å². The average molecular weight is 416 g/mol. The van der Waals surface area contributed by atoms with Crippen LogP contribution in [0.2, 0.25) is 0 Å². The first kappa shape index (κ1) is 19.2. The molecule has 128 valence electrons. The second-order valence-corrected chi connectivity index (χ2v) is 6.69. The number of amidine groups is 1. The summed E-state index contributed by atoms with van der Waals surface area (Å²) in [5.74, 6) is 0.940. The molecule has 25 heavy (non-hydrogen) atoms. The van der Waals surface area contributed by atoms with Gasteiger partial charge < -0.3 is 12.4 Å². The Balaban J connectivity index is 0.00000225. The molecule has 4 heteroatoms. The van der Waals surface area contributed by atoms with Crippen LogP contribution >= 0.6 is 15.9 Å². The molecule has 0 heterocycles. The zero-order valence-electron chi connectivity index (χ0n) is 14.2. The lowest BCUT2D eigenvalue weighted by molar-refractivity contribution is -0.353. The van der Waals surface area contributed by atoms with Gasteiger partial charge in [0.15, 0.2) is 0 Å². The zero-order valence-corrected chi connectivity index (χ0v) is 16.5. The molecular weight excluding hydrogens is 396 g/mol. The minimum Gasteiger partial charge on any atom is -1.00 e. The molecule has 3 aromatic rings. The Labute approximate surface area is 163 Å². The Morgan fingerprint density at radius 1 is 0.800 bits per heavy atom. The van der Waals surface area contributed by atoms with Gasteiger partial charge in [0.25, 0.3) is 5.84 Å². The van der Waals surface area contributed by atoms with Gasteiger partial charge in [-0.3, -0.25) is 0 Å². The molecule has 3 rings (SSSR count). The van der Waals surface area contributed by atoms with Crippen molar-refractivity contribution in [2.24, 2.45) is 0 Å². The van der Waals surface area contributed by atoms with Gasteiger partial charge in [0.05, 0.1) is 5.56 Å². The summed E-state index contributed by atoms with van der Waals surface area (Å²) in [7, 11) is 0. The largest absolute Gasteiger partial charge is 1.00 e. The van der Waals surface area contributed by atoms with Gasteiger partial charge in [-0.05, 0) is 66.2 Å². The highest BCUT2D eigenvalue weighted by atomic mass is 79.9. The molecule has 0 aliphatic carbocycles. The Hall–Kier alpha value is -2.10. The van der Waals surface area contributed by atoms with E-state index in [2.05, 4.69) is 94.7 Å². The number of rotatable bonds is 3. The summed E-state index contributed by atoms with van der Waals surface area (Å²) in [5, 5.41) is 3.50. The average Bonchev–Trinajstić information content (AvgIpc) is 2.59. The maximum absolute atomic E-state index is 3.65. The van der Waals surface area contributed by atoms with Crippen molar-refractivity contribution in [1.29, 1.82) is 0 Å². The molecule has 2 N–H and O–H groups in total. The van der Waals surface area contributed by atoms with Crippen molar-refractivity contribution in [1.82, 2.24) is 0 Å². The molecule has 0 bridgehead atoms. The number of anilines is 1. The fraction of sp³-hybridized carbons (Fsp3) is 0.0952. The summed E-state index contributed by atoms with van der Waals surface area (Å²) in [6.45, 7) is 4.18. The number of hydrogen-bond acceptors (Lipinski definition) is 0. The molecule has 0 atom stereocenters. The summed E-state index contributed by atoms with van der Waals surface area (Å²) in [6, 6.07) is 24.9. The zero-order chi connectivity index (χ0) is 16.9. The highest BCUT2D eigenvalue weighted by Crippen LogP contribution is 2.17. The van der Waals surface area contributed by atoms with Crippen LogP contribution in [0.15, 0.2) is 77.3 Å². The SMILES string of the molecule is Cc1ccc(NC(=[NH+]c2ccc(C)cc2)c2ccccc2Br)cc1.[Cl-]. The first-order valence-corrected chi connectivity index (χ1v) is 8.70. The van der Waals surface area contributed by atoms with Crippen LogP contribution in [0.4, 0.5) is 11.4 Å². The van der Waals surface area contributed by atoms with E-state index < -0.39 is 0 Å². The van der Waals surface area contributed by atoms with Crippen LogP contribution in [0.5, 0.6) is 0 Å². The molecule has 0 aliphatic heterocycles. The van der Waals surface area contributed by atoms with Crippen LogP contribution in [0.3, 0.4) is 0 Å². The van der Waals surface area contributed by atoms with E-state index in [1.54, 1.807) is 0 Å². The monoisotopic (exact) mass is 414 g/mol. The molecule has 0 saturated heterocycles. The van der Waals surface area contributed by atoms with Gasteiger partial charge in [-0.15, -0.1) is 0 Å². The van der Waals surface area contributed by atoms with Crippen molar-refractivity contribution >= 4 is 33.1 Å². The van der Waals surface area contributed by atoms with Crippen LogP contribution in [-0.4, -0.2) is 5.84 Å². The first-order valence-electron chi connectivity index (χ1n) is 7.91. The van der Waals surface area contributed by atoms with E-state index in [9.17, 15) is 0 Å². The standard InChI is InChI=1S/C21H19BrN2.ClH/c1-15-7-11-17(12-8-15)23-21(19-5-3-4-6-20(19)22)24-18-13-9-16(2)10-14-18;/h3-14H,1-2H3,(H,23,24);1H. The molecule has 0 saturated carbocycles. The number of aryl methyl sites for hydroxylation is 2. The molecular formula is C21H20BrClN2. The Morgan fingerprint density at radius 3 is 1.96 bits per heavy atom. The highest BCUT2D eigenvalue weighted by molar-refractivity contribution is 9.10. The van der Waals surface area contributed by atoms with Gasteiger partial charge in [-0.25, -0.2) is 10.3 Å². The van der Waals surface area contributed by atoms with Crippen LogP contribution in [-0.2, 0) is 0 Å². The third kappa shape index (κ3) is 5.18. The van der Waals surface area contributed by atoms with Crippen molar-refractivity contribution in [2.45, 2.75) is 13.8 Å². The van der Waals surface area contributed by atoms with Crippen LogP contribution < -0.4 is 22.7 Å². The third-order valence-corrected chi connectivity index (χ3v) is 4.48. The number of halogens is 2. The summed E-state index contributed by atoms with van der Waals surface area (Å²) >= 11 is 3.65. The van der Waals surface area contributed by atoms with Gasteiger partial charge in [0.1, 0.15) is 11.4 Å². The fourth-order valence-electron chi connectivity index (χ4n) is 2.39. The molecule has 0 spiro atoms. The van der Waals surface area contributed by atoms with E-state index in [0.29, 0.717) is 0 Å².